The molecule has 0 radical (unpaired) electrons. The van der Waals surface area contributed by atoms with E-state index in [1.165, 1.54) is 19.2 Å². The van der Waals surface area contributed by atoms with Gasteiger partial charge in [0.1, 0.15) is 6.04 Å². The summed E-state index contributed by atoms with van der Waals surface area (Å²) in [4.78, 5) is 63.3. The van der Waals surface area contributed by atoms with Crippen LogP contribution >= 0.6 is 0 Å². The summed E-state index contributed by atoms with van der Waals surface area (Å²) in [6.45, 7) is 10.4. The van der Waals surface area contributed by atoms with Crippen molar-refractivity contribution >= 4 is 46.6 Å². The van der Waals surface area contributed by atoms with Gasteiger partial charge in [0.15, 0.2) is 0 Å². The van der Waals surface area contributed by atoms with Gasteiger partial charge in [-0.15, -0.1) is 0 Å². The summed E-state index contributed by atoms with van der Waals surface area (Å²) < 4.78 is 9.59. The average molecular weight is 777 g/mol. The van der Waals surface area contributed by atoms with Gasteiger partial charge in [0.2, 0.25) is 11.8 Å². The van der Waals surface area contributed by atoms with Crippen LogP contribution in [0.5, 0.6) is 0 Å². The first-order valence-corrected chi connectivity index (χ1v) is 20.4. The minimum Gasteiger partial charge on any atom is -0.453 e. The number of hydrazine groups is 1. The second-order valence-electron chi connectivity index (χ2n) is 16.8. The Morgan fingerprint density at radius 1 is 0.807 bits per heavy atom. The van der Waals surface area contributed by atoms with Crippen molar-refractivity contribution in [2.24, 2.45) is 39.6 Å². The van der Waals surface area contributed by atoms with Crippen molar-refractivity contribution in [3.05, 3.63) is 71.6 Å². The van der Waals surface area contributed by atoms with Crippen LogP contribution in [-0.2, 0) is 19.1 Å². The number of aliphatic imine (C=N–C) groups is 2. The van der Waals surface area contributed by atoms with Crippen LogP contribution in [0.1, 0.15) is 89.3 Å². The Hall–Kier alpha value is -5.26. The van der Waals surface area contributed by atoms with Crippen LogP contribution < -0.4 is 10.7 Å². The number of hydrogen-bond donors (Lipinski definition) is 2. The molecule has 0 spiro atoms. The van der Waals surface area contributed by atoms with Crippen LogP contribution in [-0.4, -0.2) is 84.2 Å². The zero-order valence-electron chi connectivity index (χ0n) is 34.2. The number of allylic oxidation sites excluding steroid dienone is 2. The van der Waals surface area contributed by atoms with Crippen LogP contribution in [0.3, 0.4) is 0 Å². The smallest absolute Gasteiger partial charge is 0.425 e. The van der Waals surface area contributed by atoms with Crippen molar-refractivity contribution in [1.82, 2.24) is 20.7 Å². The first kappa shape index (κ1) is 40.0. The molecule has 7 rings (SSSR count). The van der Waals surface area contributed by atoms with E-state index in [1.54, 1.807) is 0 Å². The Labute approximate surface area is 335 Å². The van der Waals surface area contributed by atoms with E-state index in [-0.39, 0.29) is 41.7 Å². The second kappa shape index (κ2) is 16.7. The van der Waals surface area contributed by atoms with Crippen LogP contribution in [0.2, 0.25) is 0 Å². The van der Waals surface area contributed by atoms with E-state index < -0.39 is 18.2 Å². The fraction of sp³-hybridized carbons (Fsp3) is 0.511. The predicted molar refractivity (Wildman–Crippen MR) is 221 cm³/mol. The molecule has 302 valence electrons. The molecule has 12 heteroatoms. The number of fused-ring (bicyclic) bond motifs is 2. The average Bonchev–Trinajstić information content (AvgIpc) is 4.06. The minimum absolute atomic E-state index is 0.0507. The van der Waals surface area contributed by atoms with Crippen LogP contribution in [0.4, 0.5) is 9.59 Å². The molecule has 12 nitrogen and oxygen atoms in total. The Morgan fingerprint density at radius 2 is 1.44 bits per heavy atom. The summed E-state index contributed by atoms with van der Waals surface area (Å²) >= 11 is 0. The van der Waals surface area contributed by atoms with Gasteiger partial charge in [-0.2, -0.15) is 0 Å². The molecule has 2 aromatic rings. The third-order valence-corrected chi connectivity index (χ3v) is 12.7. The molecule has 3 unspecified atom stereocenters. The molecule has 2 N–H and O–H groups in total. The standard InChI is InChI=1S/C45H56N6O6/c1-25(2)41(48-44(54)56-6)43(53)50-18-8-9-38(50)36-21-34(24-46-36)30-16-17-35(27(5)19-30)29-12-10-28(11-13-29)33-22-37(47-23-33)39-31-14-15-32(20-31)40(39)42(52)51(26(3)4)49-45(55)57-7/h10-13,16-17,19,23-26,31-32,38-41H,8-9,14-15,18,20-22H2,1-7H3,(H,48,54)(H,49,55)/t31?,32?,38-,39?,40-,41-/m0/s1. The maximum Gasteiger partial charge on any atom is 0.425 e. The largest absolute Gasteiger partial charge is 0.453 e. The quantitative estimate of drug-likeness (QED) is 0.239. The normalized spacial score (nSPS) is 24.2. The number of likely N-dealkylation sites (tertiary alicyclic amines) is 1. The lowest BCUT2D eigenvalue weighted by atomic mass is 9.74. The third-order valence-electron chi connectivity index (χ3n) is 12.7. The lowest BCUT2D eigenvalue weighted by molar-refractivity contribution is -0.143. The molecule has 5 aliphatic rings. The van der Waals surface area contributed by atoms with E-state index in [1.807, 2.05) is 45.0 Å². The van der Waals surface area contributed by atoms with Crippen molar-refractivity contribution in [3.8, 4) is 11.1 Å². The van der Waals surface area contributed by atoms with Crippen LogP contribution in [0.25, 0.3) is 22.3 Å². The summed E-state index contributed by atoms with van der Waals surface area (Å²) in [5, 5.41) is 4.17. The Balaban J connectivity index is 0.979. The first-order valence-electron chi connectivity index (χ1n) is 20.4. The fourth-order valence-corrected chi connectivity index (χ4v) is 9.83. The molecule has 3 aliphatic heterocycles. The number of benzene rings is 2. The zero-order valence-corrected chi connectivity index (χ0v) is 34.2. The third kappa shape index (κ3) is 8.00. The topological polar surface area (TPSA) is 142 Å². The maximum atomic E-state index is 14.0. The fourth-order valence-electron chi connectivity index (χ4n) is 9.83. The molecule has 4 amide bonds. The second-order valence-corrected chi connectivity index (χ2v) is 16.8. The molecular formula is C45H56N6O6. The lowest BCUT2D eigenvalue weighted by Crippen LogP contribution is -2.54. The van der Waals surface area contributed by atoms with E-state index >= 15 is 0 Å². The number of carbonyl (C=O) groups is 4. The molecule has 2 aromatic carbocycles. The van der Waals surface area contributed by atoms with Gasteiger partial charge in [-0.3, -0.25) is 19.6 Å². The van der Waals surface area contributed by atoms with Crippen LogP contribution in [0.15, 0.2) is 64.8 Å². The summed E-state index contributed by atoms with van der Waals surface area (Å²) in [6.07, 6.45) is 8.95. The Bertz CT molecular complexity index is 2030. The van der Waals surface area contributed by atoms with E-state index in [9.17, 15) is 19.2 Å². The molecule has 1 saturated heterocycles. The number of hydrogen-bond acceptors (Lipinski definition) is 8. The summed E-state index contributed by atoms with van der Waals surface area (Å²) in [5.41, 5.74) is 12.7. The highest BCUT2D eigenvalue weighted by Gasteiger charge is 2.54. The van der Waals surface area contributed by atoms with Crippen molar-refractivity contribution in [1.29, 1.82) is 0 Å². The Kier molecular flexibility index (Phi) is 11.7. The van der Waals surface area contributed by atoms with Gasteiger partial charge in [-0.1, -0.05) is 56.3 Å². The van der Waals surface area contributed by atoms with Crippen LogP contribution in [0, 0.1) is 36.5 Å². The zero-order chi connectivity index (χ0) is 40.5. The molecule has 3 heterocycles. The molecule has 6 atom stereocenters. The number of nitrogens with one attached hydrogen (secondary N) is 2. The molecule has 3 fully saturated rings. The van der Waals surface area contributed by atoms with Gasteiger partial charge in [0.25, 0.3) is 0 Å². The van der Waals surface area contributed by atoms with Gasteiger partial charge >= 0.3 is 12.2 Å². The number of alkyl carbamates (subject to hydrolysis) is 1. The summed E-state index contributed by atoms with van der Waals surface area (Å²) in [5.74, 6) is 0.351. The van der Waals surface area contributed by atoms with E-state index in [4.69, 9.17) is 19.5 Å². The highest BCUT2D eigenvalue weighted by atomic mass is 16.5. The predicted octanol–water partition coefficient (Wildman–Crippen LogP) is 7.58. The highest BCUT2D eigenvalue weighted by Crippen LogP contribution is 2.54. The van der Waals surface area contributed by atoms with Gasteiger partial charge in [-0.25, -0.2) is 20.0 Å². The number of carbonyl (C=O) groups excluding carboxylic acids is 4. The van der Waals surface area contributed by atoms with Gasteiger partial charge in [-0.05, 0) is 110 Å². The number of amides is 4. The van der Waals surface area contributed by atoms with E-state index in [0.717, 1.165) is 82.5 Å². The lowest BCUT2D eigenvalue weighted by Gasteiger charge is -2.36. The minimum atomic E-state index is -0.658. The van der Waals surface area contributed by atoms with E-state index in [0.29, 0.717) is 31.2 Å². The number of ether oxygens (including phenoxy) is 2. The van der Waals surface area contributed by atoms with Gasteiger partial charge < -0.3 is 19.7 Å². The molecule has 2 saturated carbocycles. The van der Waals surface area contributed by atoms with Crippen molar-refractivity contribution < 1.29 is 28.7 Å². The summed E-state index contributed by atoms with van der Waals surface area (Å²) in [7, 11) is 2.61. The molecular weight excluding hydrogens is 721 g/mol. The van der Waals surface area contributed by atoms with E-state index in [2.05, 4.69) is 60.1 Å². The highest BCUT2D eigenvalue weighted by molar-refractivity contribution is 6.04. The molecule has 2 bridgehead atoms. The number of methoxy groups -OCH3 is 2. The van der Waals surface area contributed by atoms with Gasteiger partial charge in [0.05, 0.1) is 26.2 Å². The molecule has 57 heavy (non-hydrogen) atoms. The Morgan fingerprint density at radius 3 is 2.11 bits per heavy atom. The summed E-state index contributed by atoms with van der Waals surface area (Å²) in [6, 6.07) is 14.2. The number of rotatable bonds is 10. The maximum absolute atomic E-state index is 14.0. The van der Waals surface area contributed by atoms with Crippen molar-refractivity contribution in [2.75, 3.05) is 20.8 Å². The van der Waals surface area contributed by atoms with Crippen molar-refractivity contribution in [2.45, 2.75) is 97.7 Å². The first-order chi connectivity index (χ1) is 27.4. The number of nitrogens with zero attached hydrogens (tertiary/aromatic N) is 4. The molecule has 0 aromatic heterocycles. The van der Waals surface area contributed by atoms with Crippen molar-refractivity contribution in [3.63, 3.8) is 0 Å². The SMILES string of the molecule is COC(=O)N[C@H](C(=O)N1CCC[C@H]1C1=NC=C(c2ccc(-c3ccc(C4=CN=C(C5C6CCC(C6)[C@@H]5C(=O)N(NC(=O)OC)C(C)C)C4)cc3)c(C)c2)C1)C(C)C. The van der Waals surface area contributed by atoms with Gasteiger partial charge in [0, 0.05) is 55.2 Å². The number of aryl methyl sites for hydroxylation is 1. The monoisotopic (exact) mass is 776 g/mol. The molecule has 2 aliphatic carbocycles.